The molecule has 25 heavy (non-hydrogen) atoms. The second-order valence-corrected chi connectivity index (χ2v) is 6.11. The van der Waals surface area contributed by atoms with Crippen molar-refractivity contribution in [2.24, 2.45) is 0 Å². The zero-order chi connectivity index (χ0) is 17.0. The number of anilines is 1. The molecule has 0 aliphatic carbocycles. The van der Waals surface area contributed by atoms with Crippen molar-refractivity contribution in [1.82, 2.24) is 5.32 Å². The third kappa shape index (κ3) is 6.22. The van der Waals surface area contributed by atoms with Crippen LogP contribution in [0.25, 0.3) is 10.1 Å². The monoisotopic (exact) mass is 418 g/mol. The summed E-state index contributed by atoms with van der Waals surface area (Å²) in [5, 5.41) is 14.1. The maximum atomic E-state index is 10.6. The number of benzene rings is 1. The average Bonchev–Trinajstić information content (AvgIpc) is 2.96. The fourth-order valence-electron chi connectivity index (χ4n) is 2.43. The van der Waals surface area contributed by atoms with Gasteiger partial charge >= 0.3 is 12.1 Å². The zero-order valence-corrected chi connectivity index (χ0v) is 15.7. The van der Waals surface area contributed by atoms with Crippen molar-refractivity contribution >= 4 is 57.9 Å². The quantitative estimate of drug-likeness (QED) is 0.729. The third-order valence-electron chi connectivity index (χ3n) is 3.53. The van der Waals surface area contributed by atoms with Gasteiger partial charge < -0.3 is 15.3 Å². The topological polar surface area (TPSA) is 52.6 Å². The van der Waals surface area contributed by atoms with E-state index in [1.165, 1.54) is 15.8 Å². The first-order valence-corrected chi connectivity index (χ1v) is 7.92. The number of piperazine rings is 1. The van der Waals surface area contributed by atoms with Crippen molar-refractivity contribution in [3.05, 3.63) is 29.6 Å². The number of alkyl halides is 3. The van der Waals surface area contributed by atoms with Crippen LogP contribution in [0.5, 0.6) is 0 Å². The van der Waals surface area contributed by atoms with Crippen molar-refractivity contribution in [1.29, 1.82) is 0 Å². The van der Waals surface area contributed by atoms with Gasteiger partial charge in [-0.2, -0.15) is 13.2 Å². The van der Waals surface area contributed by atoms with Gasteiger partial charge in [0.15, 0.2) is 0 Å². The Kier molecular flexibility index (Phi) is 9.57. The standard InChI is InChI=1S/C13H16N2S.C2HF3O2.2ClH/c1-10-9-14-6-7-15(10)12-3-2-4-13-11(12)5-8-16-13;3-2(4,5)1(6)7;;/h2-5,8,10,14H,6-7,9H2,1H3;(H,6,7);2*1H. The molecule has 2 N–H and O–H groups in total. The Morgan fingerprint density at radius 2 is 1.96 bits per heavy atom. The summed E-state index contributed by atoms with van der Waals surface area (Å²) in [6.07, 6.45) is -5.08. The first kappa shape index (κ1) is 23.8. The van der Waals surface area contributed by atoms with Crippen LogP contribution >= 0.6 is 36.2 Å². The summed E-state index contributed by atoms with van der Waals surface area (Å²) in [6.45, 7) is 5.57. The number of carbonyl (C=O) groups is 1. The first-order valence-electron chi connectivity index (χ1n) is 7.04. The van der Waals surface area contributed by atoms with Gasteiger partial charge in [0, 0.05) is 41.4 Å². The molecule has 0 bridgehead atoms. The minimum Gasteiger partial charge on any atom is -0.475 e. The number of hydrogen-bond acceptors (Lipinski definition) is 4. The molecule has 4 nitrogen and oxygen atoms in total. The predicted molar refractivity (Wildman–Crippen MR) is 99.7 cm³/mol. The fraction of sp³-hybridized carbons (Fsp3) is 0.400. The summed E-state index contributed by atoms with van der Waals surface area (Å²) in [7, 11) is 0. The van der Waals surface area contributed by atoms with E-state index < -0.39 is 12.1 Å². The molecule has 3 rings (SSSR count). The molecule has 0 amide bonds. The first-order chi connectivity index (χ1) is 10.8. The number of carboxylic acids is 1. The van der Waals surface area contributed by atoms with Gasteiger partial charge in [0.25, 0.3) is 0 Å². The fourth-order valence-corrected chi connectivity index (χ4v) is 3.23. The molecular formula is C15H19Cl2F3N2O2S. The molecule has 1 aliphatic heterocycles. The average molecular weight is 419 g/mol. The summed E-state index contributed by atoms with van der Waals surface area (Å²) in [5.41, 5.74) is 1.40. The van der Waals surface area contributed by atoms with Crippen LogP contribution in [0.3, 0.4) is 0 Å². The predicted octanol–water partition coefficient (Wildman–Crippen LogP) is 4.18. The van der Waals surface area contributed by atoms with Gasteiger partial charge in [0.2, 0.25) is 0 Å². The van der Waals surface area contributed by atoms with E-state index in [0.717, 1.165) is 19.6 Å². The number of aliphatic carboxylic acids is 1. The Balaban J connectivity index is 0.000000560. The Morgan fingerprint density at radius 1 is 1.32 bits per heavy atom. The number of nitrogens with zero attached hydrogens (tertiary/aromatic N) is 1. The van der Waals surface area contributed by atoms with Gasteiger partial charge in [-0.05, 0) is 30.5 Å². The van der Waals surface area contributed by atoms with E-state index in [9.17, 15) is 13.2 Å². The smallest absolute Gasteiger partial charge is 0.475 e. The van der Waals surface area contributed by atoms with Gasteiger partial charge in [-0.1, -0.05) is 6.07 Å². The molecule has 1 atom stereocenters. The lowest BCUT2D eigenvalue weighted by atomic mass is 10.1. The zero-order valence-electron chi connectivity index (χ0n) is 13.2. The Labute approximate surface area is 159 Å². The second kappa shape index (κ2) is 10.1. The summed E-state index contributed by atoms with van der Waals surface area (Å²) >= 11 is 1.82. The van der Waals surface area contributed by atoms with Crippen molar-refractivity contribution in [2.45, 2.75) is 19.1 Å². The van der Waals surface area contributed by atoms with Gasteiger partial charge in [-0.25, -0.2) is 4.79 Å². The van der Waals surface area contributed by atoms with Crippen LogP contribution in [0.15, 0.2) is 29.6 Å². The van der Waals surface area contributed by atoms with Crippen LogP contribution in [0.1, 0.15) is 6.92 Å². The van der Waals surface area contributed by atoms with Crippen LogP contribution < -0.4 is 10.2 Å². The van der Waals surface area contributed by atoms with Crippen LogP contribution in [0.4, 0.5) is 18.9 Å². The highest BCUT2D eigenvalue weighted by Crippen LogP contribution is 2.31. The number of hydrogen-bond donors (Lipinski definition) is 2. The number of carboxylic acid groups (broad SMARTS) is 1. The van der Waals surface area contributed by atoms with E-state index in [2.05, 4.69) is 46.8 Å². The number of nitrogens with one attached hydrogen (secondary N) is 1. The number of thiophene rings is 1. The van der Waals surface area contributed by atoms with Crippen molar-refractivity contribution in [3.63, 3.8) is 0 Å². The number of halogens is 5. The minimum absolute atomic E-state index is 0. The molecule has 0 spiro atoms. The van der Waals surface area contributed by atoms with Crippen LogP contribution in [-0.2, 0) is 4.79 Å². The van der Waals surface area contributed by atoms with Gasteiger partial charge in [0.1, 0.15) is 0 Å². The largest absolute Gasteiger partial charge is 0.490 e. The molecule has 142 valence electrons. The Hall–Kier alpha value is -1.22. The summed E-state index contributed by atoms with van der Waals surface area (Å²) in [5.74, 6) is -2.76. The molecule has 1 fully saturated rings. The molecule has 1 unspecified atom stereocenters. The molecule has 10 heteroatoms. The highest BCUT2D eigenvalue weighted by atomic mass is 35.5. The minimum atomic E-state index is -5.08. The lowest BCUT2D eigenvalue weighted by Gasteiger charge is -2.36. The molecule has 0 saturated carbocycles. The van der Waals surface area contributed by atoms with E-state index in [-0.39, 0.29) is 24.8 Å². The van der Waals surface area contributed by atoms with E-state index >= 15 is 0 Å². The van der Waals surface area contributed by atoms with Crippen LogP contribution in [0, 0.1) is 0 Å². The maximum absolute atomic E-state index is 10.6. The number of rotatable bonds is 1. The highest BCUT2D eigenvalue weighted by molar-refractivity contribution is 7.17. The summed E-state index contributed by atoms with van der Waals surface area (Å²) in [4.78, 5) is 11.4. The van der Waals surface area contributed by atoms with E-state index in [1.54, 1.807) is 0 Å². The maximum Gasteiger partial charge on any atom is 0.490 e. The molecule has 2 aromatic rings. The van der Waals surface area contributed by atoms with Crippen molar-refractivity contribution < 1.29 is 23.1 Å². The molecule has 1 aromatic carbocycles. The van der Waals surface area contributed by atoms with Gasteiger partial charge in [-0.3, -0.25) is 0 Å². The van der Waals surface area contributed by atoms with Crippen molar-refractivity contribution in [3.8, 4) is 0 Å². The second-order valence-electron chi connectivity index (χ2n) is 5.16. The van der Waals surface area contributed by atoms with E-state index in [4.69, 9.17) is 9.90 Å². The SMILES string of the molecule is CC1CNCCN1c1cccc2sccc12.Cl.Cl.O=C(O)C(F)(F)F. The van der Waals surface area contributed by atoms with E-state index in [0.29, 0.717) is 6.04 Å². The summed E-state index contributed by atoms with van der Waals surface area (Å²) in [6, 6.07) is 9.44. The lowest BCUT2D eigenvalue weighted by Crippen LogP contribution is -2.49. The summed E-state index contributed by atoms with van der Waals surface area (Å²) < 4.78 is 33.1. The molecule has 0 radical (unpaired) electrons. The van der Waals surface area contributed by atoms with Gasteiger partial charge in [0.05, 0.1) is 0 Å². The van der Waals surface area contributed by atoms with Crippen LogP contribution in [0.2, 0.25) is 0 Å². The molecular weight excluding hydrogens is 400 g/mol. The number of fused-ring (bicyclic) bond motifs is 1. The normalized spacial score (nSPS) is 17.0. The lowest BCUT2D eigenvalue weighted by molar-refractivity contribution is -0.192. The van der Waals surface area contributed by atoms with Crippen LogP contribution in [-0.4, -0.2) is 42.9 Å². The third-order valence-corrected chi connectivity index (χ3v) is 4.41. The van der Waals surface area contributed by atoms with Crippen molar-refractivity contribution in [2.75, 3.05) is 24.5 Å². The molecule has 1 aromatic heterocycles. The Morgan fingerprint density at radius 3 is 2.52 bits per heavy atom. The van der Waals surface area contributed by atoms with E-state index in [1.807, 2.05) is 11.3 Å². The Bertz CT molecular complexity index is 682. The molecule has 1 aliphatic rings. The molecule has 1 saturated heterocycles. The highest BCUT2D eigenvalue weighted by Gasteiger charge is 2.38. The molecule has 2 heterocycles. The van der Waals surface area contributed by atoms with Gasteiger partial charge in [-0.15, -0.1) is 36.2 Å².